The molecule has 0 atom stereocenters. The van der Waals surface area contributed by atoms with E-state index in [1.807, 2.05) is 0 Å². The highest BCUT2D eigenvalue weighted by Gasteiger charge is 2.14. The van der Waals surface area contributed by atoms with Crippen molar-refractivity contribution < 1.29 is 18.4 Å². The van der Waals surface area contributed by atoms with E-state index in [1.165, 1.54) is 54.6 Å². The average molecular weight is 318 g/mol. The Morgan fingerprint density at radius 1 is 0.864 bits per heavy atom. The van der Waals surface area contributed by atoms with E-state index in [1.54, 1.807) is 6.26 Å². The van der Waals surface area contributed by atoms with Gasteiger partial charge in [-0.15, -0.1) is 11.8 Å². The van der Waals surface area contributed by atoms with Gasteiger partial charge in [0.25, 0.3) is 0 Å². The van der Waals surface area contributed by atoms with Crippen LogP contribution in [0.3, 0.4) is 0 Å². The topological polar surface area (TPSA) is 34.1 Å². The highest BCUT2D eigenvalue weighted by Crippen LogP contribution is 2.20. The SMILES string of the molecule is CS/C(=C/C(=O)c1ccc(F)cc1)C(=O)c1ccc(F)cc1. The molecule has 0 saturated carbocycles. The number of allylic oxidation sites excluding steroid dienone is 2. The Kier molecular flexibility index (Phi) is 5.22. The van der Waals surface area contributed by atoms with Crippen molar-refractivity contribution in [3.05, 3.63) is 82.3 Å². The third-order valence-corrected chi connectivity index (χ3v) is 3.68. The molecule has 5 heteroatoms. The van der Waals surface area contributed by atoms with Crippen LogP contribution in [0.25, 0.3) is 0 Å². The molecule has 22 heavy (non-hydrogen) atoms. The third kappa shape index (κ3) is 3.89. The van der Waals surface area contributed by atoms with Gasteiger partial charge in [-0.1, -0.05) is 0 Å². The lowest BCUT2D eigenvalue weighted by Gasteiger charge is -2.04. The van der Waals surface area contributed by atoms with E-state index in [0.29, 0.717) is 11.1 Å². The van der Waals surface area contributed by atoms with Crippen LogP contribution >= 0.6 is 11.8 Å². The molecule has 0 bridgehead atoms. The van der Waals surface area contributed by atoms with Crippen molar-refractivity contribution in [2.45, 2.75) is 0 Å². The van der Waals surface area contributed by atoms with Crippen molar-refractivity contribution >= 4 is 23.3 Å². The Morgan fingerprint density at radius 2 is 1.32 bits per heavy atom. The summed E-state index contributed by atoms with van der Waals surface area (Å²) in [5, 5.41) is 0. The molecular weight excluding hydrogens is 306 g/mol. The second-order valence-electron chi connectivity index (χ2n) is 4.42. The molecule has 0 aromatic heterocycles. The second kappa shape index (κ2) is 7.13. The van der Waals surface area contributed by atoms with Gasteiger partial charge in [0.1, 0.15) is 11.6 Å². The minimum absolute atomic E-state index is 0.237. The van der Waals surface area contributed by atoms with Crippen LogP contribution in [0, 0.1) is 11.6 Å². The summed E-state index contributed by atoms with van der Waals surface area (Å²) in [6, 6.07) is 10.2. The largest absolute Gasteiger partial charge is 0.289 e. The predicted octanol–water partition coefficient (Wildman–Crippen LogP) is 4.28. The van der Waals surface area contributed by atoms with E-state index in [-0.39, 0.29) is 16.5 Å². The molecule has 0 heterocycles. The zero-order valence-corrected chi connectivity index (χ0v) is 12.5. The molecule has 0 radical (unpaired) electrons. The van der Waals surface area contributed by atoms with Crippen LogP contribution in [0.5, 0.6) is 0 Å². The second-order valence-corrected chi connectivity index (χ2v) is 5.27. The molecule has 112 valence electrons. The molecule has 2 rings (SSSR count). The number of carbonyl (C=O) groups excluding carboxylic acids is 2. The van der Waals surface area contributed by atoms with E-state index in [0.717, 1.165) is 11.8 Å². The monoisotopic (exact) mass is 318 g/mol. The minimum Gasteiger partial charge on any atom is -0.289 e. The number of benzene rings is 2. The van der Waals surface area contributed by atoms with Crippen molar-refractivity contribution in [1.29, 1.82) is 0 Å². The summed E-state index contributed by atoms with van der Waals surface area (Å²) in [6.07, 6.45) is 2.88. The fraction of sp³-hybridized carbons (Fsp3) is 0.0588. The van der Waals surface area contributed by atoms with E-state index >= 15 is 0 Å². The molecule has 0 fully saturated rings. The molecule has 0 unspecified atom stereocenters. The van der Waals surface area contributed by atoms with Gasteiger partial charge in [0.2, 0.25) is 0 Å². The minimum atomic E-state index is -0.437. The number of halogens is 2. The van der Waals surface area contributed by atoms with Gasteiger partial charge in [0.05, 0.1) is 4.91 Å². The smallest absolute Gasteiger partial charge is 0.199 e. The molecule has 0 aliphatic rings. The first-order valence-corrected chi connectivity index (χ1v) is 7.59. The number of ketones is 2. The van der Waals surface area contributed by atoms with Crippen LogP contribution in [0.15, 0.2) is 59.5 Å². The van der Waals surface area contributed by atoms with E-state index < -0.39 is 11.6 Å². The number of hydrogen-bond acceptors (Lipinski definition) is 3. The van der Waals surface area contributed by atoms with Gasteiger partial charge in [-0.25, -0.2) is 8.78 Å². The molecular formula is C17H12F2O2S. The fourth-order valence-electron chi connectivity index (χ4n) is 1.78. The standard InChI is InChI=1S/C17H12F2O2S/c1-22-16(17(21)12-4-8-14(19)9-5-12)10-15(20)11-2-6-13(18)7-3-11/h2-10H,1H3/b16-10+. The average Bonchev–Trinajstić information content (AvgIpc) is 2.53. The van der Waals surface area contributed by atoms with Gasteiger partial charge in [-0.05, 0) is 54.8 Å². The first-order chi connectivity index (χ1) is 10.5. The summed E-state index contributed by atoms with van der Waals surface area (Å²) in [5.74, 6) is -1.62. The molecule has 0 spiro atoms. The lowest BCUT2D eigenvalue weighted by atomic mass is 10.1. The normalized spacial score (nSPS) is 11.3. The molecule has 0 amide bonds. The van der Waals surface area contributed by atoms with Gasteiger partial charge in [0, 0.05) is 17.2 Å². The fourth-order valence-corrected chi connectivity index (χ4v) is 2.31. The van der Waals surface area contributed by atoms with Gasteiger partial charge in [0.15, 0.2) is 11.6 Å². The Bertz CT molecular complexity index is 719. The third-order valence-electron chi connectivity index (χ3n) is 2.94. The highest BCUT2D eigenvalue weighted by atomic mass is 32.2. The number of rotatable bonds is 5. The number of Topliss-reactive ketones (excluding diaryl/α,β-unsaturated/α-hetero) is 1. The van der Waals surface area contributed by atoms with Gasteiger partial charge in [-0.3, -0.25) is 9.59 Å². The predicted molar refractivity (Wildman–Crippen MR) is 83.1 cm³/mol. The Balaban J connectivity index is 2.26. The maximum atomic E-state index is 12.9. The van der Waals surface area contributed by atoms with E-state index in [4.69, 9.17) is 0 Å². The summed E-state index contributed by atoms with van der Waals surface area (Å²) < 4.78 is 25.7. The summed E-state index contributed by atoms with van der Waals surface area (Å²) in [7, 11) is 0. The quantitative estimate of drug-likeness (QED) is 0.609. The lowest BCUT2D eigenvalue weighted by Crippen LogP contribution is -2.04. The van der Waals surface area contributed by atoms with Crippen LogP contribution < -0.4 is 0 Å². The van der Waals surface area contributed by atoms with Gasteiger partial charge < -0.3 is 0 Å². The molecule has 0 aliphatic heterocycles. The Hall–Kier alpha value is -2.27. The van der Waals surface area contributed by atoms with E-state index in [2.05, 4.69) is 0 Å². The molecule has 0 N–H and O–H groups in total. The zero-order chi connectivity index (χ0) is 16.1. The van der Waals surface area contributed by atoms with Gasteiger partial charge in [-0.2, -0.15) is 0 Å². The highest BCUT2D eigenvalue weighted by molar-refractivity contribution is 8.03. The van der Waals surface area contributed by atoms with Crippen molar-refractivity contribution in [1.82, 2.24) is 0 Å². The first kappa shape index (κ1) is 16.1. The molecule has 2 aromatic rings. The summed E-state index contributed by atoms with van der Waals surface area (Å²) in [5.41, 5.74) is 0.591. The van der Waals surface area contributed by atoms with Crippen LogP contribution in [0.4, 0.5) is 8.78 Å². The summed E-state index contributed by atoms with van der Waals surface area (Å²) in [4.78, 5) is 24.6. The first-order valence-electron chi connectivity index (χ1n) is 6.37. The zero-order valence-electron chi connectivity index (χ0n) is 11.7. The lowest BCUT2D eigenvalue weighted by molar-refractivity contribution is 0.101. The Labute approximate surface area is 130 Å². The maximum absolute atomic E-state index is 12.9. The number of thioether (sulfide) groups is 1. The van der Waals surface area contributed by atoms with Crippen molar-refractivity contribution in [3.8, 4) is 0 Å². The van der Waals surface area contributed by atoms with Crippen molar-refractivity contribution in [2.24, 2.45) is 0 Å². The molecule has 2 nitrogen and oxygen atoms in total. The summed E-state index contributed by atoms with van der Waals surface area (Å²) in [6.45, 7) is 0. The van der Waals surface area contributed by atoms with Crippen LogP contribution in [-0.4, -0.2) is 17.8 Å². The van der Waals surface area contributed by atoms with Gasteiger partial charge >= 0.3 is 0 Å². The molecule has 2 aromatic carbocycles. The number of hydrogen-bond donors (Lipinski definition) is 0. The van der Waals surface area contributed by atoms with Crippen molar-refractivity contribution in [2.75, 3.05) is 6.26 Å². The van der Waals surface area contributed by atoms with Crippen LogP contribution in [0.2, 0.25) is 0 Å². The van der Waals surface area contributed by atoms with Crippen LogP contribution in [-0.2, 0) is 0 Å². The number of carbonyl (C=O) groups is 2. The molecule has 0 aliphatic carbocycles. The maximum Gasteiger partial charge on any atom is 0.199 e. The Morgan fingerprint density at radius 3 is 1.77 bits per heavy atom. The van der Waals surface area contributed by atoms with Crippen LogP contribution in [0.1, 0.15) is 20.7 Å². The summed E-state index contributed by atoms with van der Waals surface area (Å²) >= 11 is 1.13. The van der Waals surface area contributed by atoms with Crippen molar-refractivity contribution in [3.63, 3.8) is 0 Å². The molecule has 0 saturated heterocycles. The van der Waals surface area contributed by atoms with E-state index in [9.17, 15) is 18.4 Å².